The summed E-state index contributed by atoms with van der Waals surface area (Å²) in [5.74, 6) is -0.228. The smallest absolute Gasteiger partial charge is 0.187 e. The Balaban J connectivity index is 2.28. The van der Waals surface area contributed by atoms with Crippen molar-refractivity contribution in [2.24, 2.45) is 7.05 Å². The van der Waals surface area contributed by atoms with E-state index in [1.165, 1.54) is 6.33 Å². The molecule has 0 bridgehead atoms. The summed E-state index contributed by atoms with van der Waals surface area (Å²) in [6.45, 7) is 1.85. The minimum atomic E-state index is -0.408. The molecule has 0 aliphatic rings. The zero-order chi connectivity index (χ0) is 11.5. The molecule has 0 saturated carbocycles. The Kier molecular flexibility index (Phi) is 2.80. The highest BCUT2D eigenvalue weighted by Crippen LogP contribution is 2.18. The van der Waals surface area contributed by atoms with E-state index in [4.69, 9.17) is 0 Å². The van der Waals surface area contributed by atoms with Crippen LogP contribution in [-0.2, 0) is 13.5 Å². The summed E-state index contributed by atoms with van der Waals surface area (Å²) in [5.41, 5.74) is 1.10. The van der Waals surface area contributed by atoms with Crippen LogP contribution in [0.25, 0.3) is 0 Å². The highest BCUT2D eigenvalue weighted by Gasteiger charge is 2.09. The fourth-order valence-corrected chi connectivity index (χ4v) is 1.36. The Bertz CT molecular complexity index is 494. The number of halogens is 1. The molecule has 2 heterocycles. The average molecular weight is 221 g/mol. The van der Waals surface area contributed by atoms with Crippen molar-refractivity contribution < 1.29 is 4.39 Å². The molecule has 0 aliphatic heterocycles. The largest absolute Gasteiger partial charge is 0.335 e. The van der Waals surface area contributed by atoms with E-state index >= 15 is 0 Å². The predicted molar refractivity (Wildman–Crippen MR) is 57.9 cm³/mol. The lowest BCUT2D eigenvalue weighted by Gasteiger charge is -2.05. The zero-order valence-electron chi connectivity index (χ0n) is 9.11. The normalized spacial score (nSPS) is 10.4. The molecule has 16 heavy (non-hydrogen) atoms. The Morgan fingerprint density at radius 1 is 1.44 bits per heavy atom. The van der Waals surface area contributed by atoms with E-state index in [1.807, 2.05) is 6.92 Å². The van der Waals surface area contributed by atoms with Crippen molar-refractivity contribution in [3.8, 4) is 0 Å². The molecular weight excluding hydrogens is 209 g/mol. The number of rotatable bonds is 3. The van der Waals surface area contributed by atoms with Gasteiger partial charge in [0.05, 0.1) is 17.6 Å². The van der Waals surface area contributed by atoms with Crippen LogP contribution in [-0.4, -0.2) is 19.7 Å². The molecule has 0 saturated heterocycles. The van der Waals surface area contributed by atoms with Crippen LogP contribution in [0.4, 0.5) is 15.9 Å². The first-order valence-corrected chi connectivity index (χ1v) is 4.95. The van der Waals surface area contributed by atoms with Gasteiger partial charge in [0.25, 0.3) is 0 Å². The molecule has 0 atom stereocenters. The number of anilines is 2. The molecule has 2 rings (SSSR count). The van der Waals surface area contributed by atoms with Crippen LogP contribution in [0.3, 0.4) is 0 Å². The third kappa shape index (κ3) is 2.00. The summed E-state index contributed by atoms with van der Waals surface area (Å²) in [6, 6.07) is 0. The Labute approximate surface area is 92.3 Å². The number of hydrogen-bond donors (Lipinski definition) is 1. The Morgan fingerprint density at radius 2 is 2.25 bits per heavy atom. The highest BCUT2D eigenvalue weighted by atomic mass is 19.1. The third-order valence-corrected chi connectivity index (χ3v) is 2.16. The van der Waals surface area contributed by atoms with Gasteiger partial charge in [-0.15, -0.1) is 0 Å². The fourth-order valence-electron chi connectivity index (χ4n) is 1.36. The zero-order valence-corrected chi connectivity index (χ0v) is 9.11. The third-order valence-electron chi connectivity index (χ3n) is 2.16. The maximum atomic E-state index is 13.8. The van der Waals surface area contributed by atoms with E-state index in [1.54, 1.807) is 24.1 Å². The maximum Gasteiger partial charge on any atom is 0.187 e. The summed E-state index contributed by atoms with van der Waals surface area (Å²) in [7, 11) is 1.79. The van der Waals surface area contributed by atoms with Crippen LogP contribution in [0.1, 0.15) is 12.6 Å². The number of aryl methyl sites for hydroxylation is 2. The van der Waals surface area contributed by atoms with Crippen molar-refractivity contribution in [1.29, 1.82) is 0 Å². The summed E-state index contributed by atoms with van der Waals surface area (Å²) in [6.07, 6.45) is 5.23. The number of nitrogens with zero attached hydrogens (tertiary/aromatic N) is 4. The van der Waals surface area contributed by atoms with Crippen LogP contribution in [0.5, 0.6) is 0 Å². The molecule has 0 aliphatic carbocycles. The number of hydrogen-bond acceptors (Lipinski definition) is 4. The van der Waals surface area contributed by atoms with Crippen molar-refractivity contribution in [2.75, 3.05) is 5.32 Å². The second-order valence-corrected chi connectivity index (χ2v) is 3.36. The van der Waals surface area contributed by atoms with Gasteiger partial charge in [0.2, 0.25) is 0 Å². The molecule has 0 aromatic carbocycles. The molecule has 0 unspecified atom stereocenters. The topological polar surface area (TPSA) is 55.6 Å². The number of nitrogens with one attached hydrogen (secondary N) is 1. The summed E-state index contributed by atoms with van der Waals surface area (Å²) in [5, 5.41) is 6.83. The second-order valence-electron chi connectivity index (χ2n) is 3.36. The first-order chi connectivity index (χ1) is 7.70. The lowest BCUT2D eigenvalue weighted by molar-refractivity contribution is 0.599. The predicted octanol–water partition coefficient (Wildman–Crippen LogP) is 1.66. The van der Waals surface area contributed by atoms with Crippen LogP contribution in [0, 0.1) is 5.82 Å². The second kappa shape index (κ2) is 4.26. The summed E-state index contributed by atoms with van der Waals surface area (Å²) in [4.78, 5) is 7.71. The molecule has 5 nitrogen and oxygen atoms in total. The summed E-state index contributed by atoms with van der Waals surface area (Å²) < 4.78 is 15.4. The van der Waals surface area contributed by atoms with Gasteiger partial charge in [-0.05, 0) is 6.42 Å². The van der Waals surface area contributed by atoms with Gasteiger partial charge in [-0.2, -0.15) is 5.10 Å². The van der Waals surface area contributed by atoms with Crippen molar-refractivity contribution in [2.45, 2.75) is 13.3 Å². The maximum absolute atomic E-state index is 13.8. The molecule has 1 N–H and O–H groups in total. The van der Waals surface area contributed by atoms with Gasteiger partial charge in [-0.3, -0.25) is 4.68 Å². The van der Waals surface area contributed by atoms with Crippen LogP contribution < -0.4 is 5.32 Å². The monoisotopic (exact) mass is 221 g/mol. The van der Waals surface area contributed by atoms with Gasteiger partial charge in [-0.25, -0.2) is 14.4 Å². The van der Waals surface area contributed by atoms with E-state index in [0.29, 0.717) is 17.8 Å². The van der Waals surface area contributed by atoms with Crippen molar-refractivity contribution in [3.05, 3.63) is 30.2 Å². The standard InChI is InChI=1S/C10H12FN5/c1-3-8-9(11)10(13-6-12-8)15-7-4-14-16(2)5-7/h4-6H,3H2,1-2H3,(H,12,13,15). The molecule has 0 fully saturated rings. The van der Waals surface area contributed by atoms with E-state index in [9.17, 15) is 4.39 Å². The molecule has 0 spiro atoms. The van der Waals surface area contributed by atoms with Gasteiger partial charge in [0.1, 0.15) is 6.33 Å². The van der Waals surface area contributed by atoms with E-state index in [0.717, 1.165) is 0 Å². The van der Waals surface area contributed by atoms with E-state index in [2.05, 4.69) is 20.4 Å². The lowest BCUT2D eigenvalue weighted by Crippen LogP contribution is -2.02. The molecule has 0 amide bonds. The van der Waals surface area contributed by atoms with E-state index < -0.39 is 5.82 Å². The van der Waals surface area contributed by atoms with Gasteiger partial charge < -0.3 is 5.32 Å². The van der Waals surface area contributed by atoms with Gasteiger partial charge in [0.15, 0.2) is 11.6 Å². The van der Waals surface area contributed by atoms with Gasteiger partial charge in [-0.1, -0.05) is 6.92 Å². The first kappa shape index (κ1) is 10.5. The SMILES string of the molecule is CCc1ncnc(Nc2cnn(C)c2)c1F. The highest BCUT2D eigenvalue weighted by molar-refractivity contribution is 5.54. The summed E-state index contributed by atoms with van der Waals surface area (Å²) >= 11 is 0. The fraction of sp³-hybridized carbons (Fsp3) is 0.300. The van der Waals surface area contributed by atoms with Gasteiger partial charge in [0, 0.05) is 13.2 Å². The van der Waals surface area contributed by atoms with Crippen molar-refractivity contribution in [3.63, 3.8) is 0 Å². The first-order valence-electron chi connectivity index (χ1n) is 4.95. The quantitative estimate of drug-likeness (QED) is 0.856. The minimum Gasteiger partial charge on any atom is -0.335 e. The van der Waals surface area contributed by atoms with Crippen LogP contribution >= 0.6 is 0 Å². The van der Waals surface area contributed by atoms with Gasteiger partial charge >= 0.3 is 0 Å². The minimum absolute atomic E-state index is 0.180. The Hall–Kier alpha value is -1.98. The van der Waals surface area contributed by atoms with E-state index in [-0.39, 0.29) is 5.82 Å². The molecular formula is C10H12FN5. The molecule has 84 valence electrons. The molecule has 6 heteroatoms. The van der Waals surface area contributed by atoms with Crippen molar-refractivity contribution in [1.82, 2.24) is 19.7 Å². The van der Waals surface area contributed by atoms with Crippen LogP contribution in [0.15, 0.2) is 18.7 Å². The molecule has 0 radical (unpaired) electrons. The number of aromatic nitrogens is 4. The lowest BCUT2D eigenvalue weighted by atomic mass is 10.3. The Morgan fingerprint density at radius 3 is 2.88 bits per heavy atom. The van der Waals surface area contributed by atoms with Crippen LogP contribution in [0.2, 0.25) is 0 Å². The molecule has 2 aromatic rings. The van der Waals surface area contributed by atoms with Crippen molar-refractivity contribution >= 4 is 11.5 Å². The average Bonchev–Trinajstić information content (AvgIpc) is 2.67. The molecule has 2 aromatic heterocycles.